The molecule has 2 heterocycles. The van der Waals surface area contributed by atoms with E-state index in [1.54, 1.807) is 32.4 Å². The second-order valence-electron chi connectivity index (χ2n) is 5.67. The molecule has 0 spiro atoms. The van der Waals surface area contributed by atoms with Crippen molar-refractivity contribution in [2.75, 3.05) is 0 Å². The van der Waals surface area contributed by atoms with Gasteiger partial charge < -0.3 is 5.11 Å². The molecule has 1 N–H and O–H groups in total. The number of carboxylic acid groups (broad SMARTS) is 1. The van der Waals surface area contributed by atoms with Crippen molar-refractivity contribution in [3.8, 4) is 11.1 Å². The molecule has 0 atom stereocenters. The minimum atomic E-state index is -0.918. The fourth-order valence-corrected chi connectivity index (χ4v) is 3.37. The molecule has 1 aromatic carbocycles. The fourth-order valence-electron chi connectivity index (χ4n) is 2.33. The van der Waals surface area contributed by atoms with Gasteiger partial charge in [0.15, 0.2) is 0 Å². The largest absolute Gasteiger partial charge is 0.480 e. The van der Waals surface area contributed by atoms with Gasteiger partial charge in [-0.05, 0) is 37.6 Å². The maximum absolute atomic E-state index is 11.4. The Balaban J connectivity index is 2.15. The lowest BCUT2D eigenvalue weighted by molar-refractivity contribution is -0.138. The number of thioether (sulfide) groups is 1. The molecule has 4 nitrogen and oxygen atoms in total. The third-order valence-corrected chi connectivity index (χ3v) is 4.86. The van der Waals surface area contributed by atoms with Crippen LogP contribution >= 0.6 is 11.8 Å². The number of hydrogen-bond acceptors (Lipinski definition) is 4. The Bertz CT molecular complexity index is 872. The minimum absolute atomic E-state index is 0.843. The number of nitrogens with zero attached hydrogens (tertiary/aromatic N) is 2. The summed E-state index contributed by atoms with van der Waals surface area (Å²) in [4.78, 5) is 20.9. The van der Waals surface area contributed by atoms with E-state index in [-0.39, 0.29) is 0 Å². The van der Waals surface area contributed by atoms with Crippen LogP contribution in [0.25, 0.3) is 22.0 Å². The molecule has 0 saturated heterocycles. The molecule has 23 heavy (non-hydrogen) atoms. The number of fused-ring (bicyclic) bond motifs is 1. The van der Waals surface area contributed by atoms with Gasteiger partial charge >= 0.3 is 5.97 Å². The van der Waals surface area contributed by atoms with E-state index in [4.69, 9.17) is 0 Å². The highest BCUT2D eigenvalue weighted by Gasteiger charge is 2.29. The van der Waals surface area contributed by atoms with Crippen LogP contribution in [0.2, 0.25) is 0 Å². The van der Waals surface area contributed by atoms with Crippen LogP contribution in [-0.2, 0) is 4.79 Å². The van der Waals surface area contributed by atoms with Crippen LogP contribution in [0.1, 0.15) is 13.8 Å². The van der Waals surface area contributed by atoms with Gasteiger partial charge in [0, 0.05) is 34.4 Å². The number of aromatic nitrogens is 2. The quantitative estimate of drug-likeness (QED) is 0.727. The zero-order chi connectivity index (χ0) is 16.4. The lowest BCUT2D eigenvalue weighted by atomic mass is 10.0. The van der Waals surface area contributed by atoms with Crippen molar-refractivity contribution in [3.63, 3.8) is 0 Å². The highest BCUT2D eigenvalue weighted by atomic mass is 32.2. The molecule has 0 radical (unpaired) electrons. The molecule has 5 heteroatoms. The first-order valence-corrected chi connectivity index (χ1v) is 8.01. The number of benzene rings is 1. The van der Waals surface area contributed by atoms with Gasteiger partial charge in [-0.3, -0.25) is 14.8 Å². The van der Waals surface area contributed by atoms with Crippen LogP contribution in [0, 0.1) is 0 Å². The van der Waals surface area contributed by atoms with Gasteiger partial charge in [-0.2, -0.15) is 0 Å². The van der Waals surface area contributed by atoms with Gasteiger partial charge in [-0.25, -0.2) is 0 Å². The molecule has 0 fully saturated rings. The second kappa shape index (κ2) is 6.01. The van der Waals surface area contributed by atoms with Gasteiger partial charge in [-0.15, -0.1) is 11.8 Å². The summed E-state index contributed by atoms with van der Waals surface area (Å²) in [6, 6.07) is 11.7. The second-order valence-corrected chi connectivity index (χ2v) is 7.33. The maximum Gasteiger partial charge on any atom is 0.319 e. The van der Waals surface area contributed by atoms with E-state index in [0.717, 1.165) is 26.9 Å². The Morgan fingerprint density at radius 2 is 1.91 bits per heavy atom. The predicted molar refractivity (Wildman–Crippen MR) is 92.5 cm³/mol. The van der Waals surface area contributed by atoms with Crippen molar-refractivity contribution in [3.05, 3.63) is 55.0 Å². The summed E-state index contributed by atoms with van der Waals surface area (Å²) in [5, 5.41) is 10.4. The van der Waals surface area contributed by atoms with Gasteiger partial charge in [0.2, 0.25) is 0 Å². The van der Waals surface area contributed by atoms with Crippen LogP contribution < -0.4 is 0 Å². The van der Waals surface area contributed by atoms with Crippen LogP contribution in [0.5, 0.6) is 0 Å². The van der Waals surface area contributed by atoms with Crippen molar-refractivity contribution in [2.24, 2.45) is 0 Å². The lowest BCUT2D eigenvalue weighted by Crippen LogP contribution is -2.27. The minimum Gasteiger partial charge on any atom is -0.480 e. The van der Waals surface area contributed by atoms with Crippen molar-refractivity contribution in [2.45, 2.75) is 23.5 Å². The topological polar surface area (TPSA) is 63.1 Å². The molecule has 0 amide bonds. The highest BCUT2D eigenvalue weighted by Crippen LogP contribution is 2.40. The first-order valence-electron chi connectivity index (χ1n) is 7.19. The third kappa shape index (κ3) is 3.05. The first-order chi connectivity index (χ1) is 11.0. The Morgan fingerprint density at radius 3 is 2.70 bits per heavy atom. The molecular weight excluding hydrogens is 308 g/mol. The van der Waals surface area contributed by atoms with E-state index in [2.05, 4.69) is 9.97 Å². The van der Waals surface area contributed by atoms with Crippen LogP contribution in [0.4, 0.5) is 0 Å². The molecule has 0 bridgehead atoms. The van der Waals surface area contributed by atoms with Gasteiger partial charge in [0.05, 0.1) is 5.52 Å². The number of aliphatic carboxylic acids is 1. The van der Waals surface area contributed by atoms with Crippen molar-refractivity contribution < 1.29 is 9.90 Å². The molecule has 0 saturated carbocycles. The van der Waals surface area contributed by atoms with Gasteiger partial charge in [0.25, 0.3) is 0 Å². The van der Waals surface area contributed by atoms with Crippen molar-refractivity contribution in [1.29, 1.82) is 0 Å². The average Bonchev–Trinajstić information content (AvgIpc) is 2.54. The summed E-state index contributed by atoms with van der Waals surface area (Å²) >= 11 is 1.32. The summed E-state index contributed by atoms with van der Waals surface area (Å²) in [5.41, 5.74) is 2.83. The van der Waals surface area contributed by atoms with Crippen LogP contribution in [0.15, 0.2) is 59.9 Å². The molecule has 2 aromatic heterocycles. The number of pyridine rings is 2. The van der Waals surface area contributed by atoms with E-state index in [1.165, 1.54) is 11.8 Å². The number of carboxylic acids is 1. The smallest absolute Gasteiger partial charge is 0.319 e. The van der Waals surface area contributed by atoms with Crippen LogP contribution in [0.3, 0.4) is 0 Å². The fraction of sp³-hybridized carbons (Fsp3) is 0.167. The Labute approximate surface area is 138 Å². The lowest BCUT2D eigenvalue weighted by Gasteiger charge is -2.20. The van der Waals surface area contributed by atoms with E-state index < -0.39 is 10.7 Å². The van der Waals surface area contributed by atoms with E-state index >= 15 is 0 Å². The molecule has 0 aliphatic carbocycles. The molecule has 3 aromatic rings. The van der Waals surface area contributed by atoms with E-state index in [9.17, 15) is 9.90 Å². The third-order valence-electron chi connectivity index (χ3n) is 3.60. The summed E-state index contributed by atoms with van der Waals surface area (Å²) in [5.74, 6) is -0.843. The van der Waals surface area contributed by atoms with Gasteiger partial charge in [0.1, 0.15) is 4.75 Å². The summed E-state index contributed by atoms with van der Waals surface area (Å²) in [6.45, 7) is 3.41. The normalized spacial score (nSPS) is 11.6. The standard InChI is InChI=1S/C18H16N2O2S/c1-18(2,17(21)22)23-16-8-10-19-11-14(16)12-5-3-7-15-13(12)6-4-9-20-15/h3-11H,1-2H3,(H,21,22). The maximum atomic E-state index is 11.4. The van der Waals surface area contributed by atoms with E-state index in [1.807, 2.05) is 36.4 Å². The Morgan fingerprint density at radius 1 is 1.09 bits per heavy atom. The molecular formula is C18H16N2O2S. The van der Waals surface area contributed by atoms with Crippen molar-refractivity contribution in [1.82, 2.24) is 9.97 Å². The summed E-state index contributed by atoms with van der Waals surface area (Å²) in [7, 11) is 0. The zero-order valence-electron chi connectivity index (χ0n) is 12.9. The molecule has 3 rings (SSSR count). The van der Waals surface area contributed by atoms with Crippen LogP contribution in [-0.4, -0.2) is 25.8 Å². The number of carbonyl (C=O) groups is 1. The zero-order valence-corrected chi connectivity index (χ0v) is 13.7. The number of rotatable bonds is 4. The molecule has 116 valence electrons. The van der Waals surface area contributed by atoms with Crippen molar-refractivity contribution >= 4 is 28.6 Å². The molecule has 0 aliphatic heterocycles. The monoisotopic (exact) mass is 324 g/mol. The predicted octanol–water partition coefficient (Wildman–Crippen LogP) is 4.25. The average molecular weight is 324 g/mol. The Hall–Kier alpha value is -2.40. The number of hydrogen-bond donors (Lipinski definition) is 1. The molecule has 0 unspecified atom stereocenters. The van der Waals surface area contributed by atoms with E-state index in [0.29, 0.717) is 0 Å². The summed E-state index contributed by atoms with van der Waals surface area (Å²) < 4.78 is -0.918. The highest BCUT2D eigenvalue weighted by molar-refractivity contribution is 8.01. The first kappa shape index (κ1) is 15.5. The SMILES string of the molecule is CC(C)(Sc1ccncc1-c1cccc2ncccc12)C(=O)O. The van der Waals surface area contributed by atoms with Gasteiger partial charge in [-0.1, -0.05) is 18.2 Å². The molecule has 0 aliphatic rings. The summed E-state index contributed by atoms with van der Waals surface area (Å²) in [6.07, 6.45) is 5.23. The Kier molecular flexibility index (Phi) is 4.05.